The standard InChI is InChI=1S/C14H19BrFN3.HI/c1-3-17-14(19-13-6-9(13)2)18-8-10-4-5-11(15)7-12(10)16;/h4-5,7,9,13H,3,6,8H2,1-2H3,(H2,17,18,19);1H. The summed E-state index contributed by atoms with van der Waals surface area (Å²) in [5, 5.41) is 6.53. The van der Waals surface area contributed by atoms with Crippen molar-refractivity contribution in [2.75, 3.05) is 6.54 Å². The van der Waals surface area contributed by atoms with Crippen LogP contribution in [0.25, 0.3) is 0 Å². The molecule has 0 bridgehead atoms. The maximum absolute atomic E-state index is 13.7. The Morgan fingerprint density at radius 1 is 1.50 bits per heavy atom. The fourth-order valence-corrected chi connectivity index (χ4v) is 2.17. The molecule has 1 aliphatic carbocycles. The molecule has 0 spiro atoms. The Bertz CT molecular complexity index is 481. The second-order valence-corrected chi connectivity index (χ2v) is 5.81. The third-order valence-corrected chi connectivity index (χ3v) is 3.69. The molecule has 2 rings (SSSR count). The van der Waals surface area contributed by atoms with Crippen molar-refractivity contribution in [3.63, 3.8) is 0 Å². The number of aliphatic imine (C=N–C) groups is 1. The van der Waals surface area contributed by atoms with Crippen molar-refractivity contribution in [1.29, 1.82) is 0 Å². The maximum Gasteiger partial charge on any atom is 0.191 e. The molecule has 1 aromatic rings. The van der Waals surface area contributed by atoms with Crippen LogP contribution in [0.2, 0.25) is 0 Å². The number of guanidine groups is 1. The van der Waals surface area contributed by atoms with Gasteiger partial charge < -0.3 is 10.6 Å². The van der Waals surface area contributed by atoms with Gasteiger partial charge in [-0.25, -0.2) is 9.38 Å². The summed E-state index contributed by atoms with van der Waals surface area (Å²) in [7, 11) is 0. The molecule has 6 heteroatoms. The van der Waals surface area contributed by atoms with Gasteiger partial charge in [-0.2, -0.15) is 0 Å². The molecule has 1 fully saturated rings. The van der Waals surface area contributed by atoms with Crippen molar-refractivity contribution in [1.82, 2.24) is 10.6 Å². The fourth-order valence-electron chi connectivity index (χ4n) is 1.83. The SMILES string of the molecule is CCNC(=NCc1ccc(Br)cc1F)NC1CC1C.I. The minimum Gasteiger partial charge on any atom is -0.357 e. The Labute approximate surface area is 145 Å². The first kappa shape index (κ1) is 17.7. The van der Waals surface area contributed by atoms with Crippen LogP contribution in [-0.2, 0) is 6.54 Å². The quantitative estimate of drug-likeness (QED) is 0.413. The fraction of sp³-hybridized carbons (Fsp3) is 0.500. The number of hydrogen-bond donors (Lipinski definition) is 2. The second kappa shape index (κ2) is 8.17. The number of halogens is 3. The summed E-state index contributed by atoms with van der Waals surface area (Å²) in [6, 6.07) is 5.56. The second-order valence-electron chi connectivity index (χ2n) is 4.89. The molecule has 1 aromatic carbocycles. The van der Waals surface area contributed by atoms with E-state index in [1.165, 1.54) is 12.5 Å². The summed E-state index contributed by atoms with van der Waals surface area (Å²) in [6.07, 6.45) is 1.18. The third kappa shape index (κ3) is 5.20. The molecule has 112 valence electrons. The van der Waals surface area contributed by atoms with Gasteiger partial charge in [-0.15, -0.1) is 24.0 Å². The van der Waals surface area contributed by atoms with Gasteiger partial charge in [0.15, 0.2) is 5.96 Å². The molecule has 0 saturated heterocycles. The largest absolute Gasteiger partial charge is 0.357 e. The van der Waals surface area contributed by atoms with Crippen LogP contribution in [-0.4, -0.2) is 18.5 Å². The molecule has 0 aliphatic heterocycles. The predicted molar refractivity (Wildman–Crippen MR) is 95.0 cm³/mol. The van der Waals surface area contributed by atoms with E-state index in [1.54, 1.807) is 6.07 Å². The topological polar surface area (TPSA) is 36.4 Å². The smallest absolute Gasteiger partial charge is 0.191 e. The van der Waals surface area contributed by atoms with Gasteiger partial charge in [0.1, 0.15) is 5.82 Å². The van der Waals surface area contributed by atoms with Gasteiger partial charge in [0.05, 0.1) is 6.54 Å². The van der Waals surface area contributed by atoms with Crippen LogP contribution in [0.5, 0.6) is 0 Å². The van der Waals surface area contributed by atoms with Crippen molar-refractivity contribution < 1.29 is 4.39 Å². The van der Waals surface area contributed by atoms with Crippen LogP contribution in [0.1, 0.15) is 25.8 Å². The molecule has 0 heterocycles. The van der Waals surface area contributed by atoms with Crippen molar-refractivity contribution >= 4 is 45.9 Å². The normalized spacial score (nSPS) is 21.1. The highest BCUT2D eigenvalue weighted by Crippen LogP contribution is 2.28. The van der Waals surface area contributed by atoms with E-state index in [4.69, 9.17) is 0 Å². The monoisotopic (exact) mass is 455 g/mol. The molecule has 2 unspecified atom stereocenters. The van der Waals surface area contributed by atoms with E-state index in [0.29, 0.717) is 24.1 Å². The van der Waals surface area contributed by atoms with E-state index in [9.17, 15) is 4.39 Å². The van der Waals surface area contributed by atoms with Crippen LogP contribution in [0.15, 0.2) is 27.7 Å². The van der Waals surface area contributed by atoms with Gasteiger partial charge in [0.25, 0.3) is 0 Å². The first-order chi connectivity index (χ1) is 9.10. The molecule has 0 radical (unpaired) electrons. The van der Waals surface area contributed by atoms with Crippen molar-refractivity contribution in [2.24, 2.45) is 10.9 Å². The summed E-state index contributed by atoms with van der Waals surface area (Å²) in [4.78, 5) is 4.43. The lowest BCUT2D eigenvalue weighted by molar-refractivity contribution is 0.609. The van der Waals surface area contributed by atoms with Gasteiger partial charge in [0, 0.05) is 22.6 Å². The van der Waals surface area contributed by atoms with Crippen LogP contribution in [0.4, 0.5) is 4.39 Å². The number of nitrogens with zero attached hydrogens (tertiary/aromatic N) is 1. The summed E-state index contributed by atoms with van der Waals surface area (Å²) < 4.78 is 14.4. The molecule has 0 aromatic heterocycles. The lowest BCUT2D eigenvalue weighted by Gasteiger charge is -2.11. The van der Waals surface area contributed by atoms with Gasteiger partial charge in [-0.1, -0.05) is 28.9 Å². The zero-order valence-electron chi connectivity index (χ0n) is 11.6. The van der Waals surface area contributed by atoms with E-state index in [-0.39, 0.29) is 29.8 Å². The molecular formula is C14H20BrFIN3. The number of benzene rings is 1. The molecule has 1 aliphatic rings. The average Bonchev–Trinajstić information content (AvgIpc) is 3.04. The van der Waals surface area contributed by atoms with E-state index in [2.05, 4.69) is 38.5 Å². The molecular weight excluding hydrogens is 436 g/mol. The first-order valence-electron chi connectivity index (χ1n) is 6.59. The minimum atomic E-state index is -0.228. The van der Waals surface area contributed by atoms with E-state index >= 15 is 0 Å². The highest BCUT2D eigenvalue weighted by Gasteiger charge is 2.33. The highest BCUT2D eigenvalue weighted by atomic mass is 127. The third-order valence-electron chi connectivity index (χ3n) is 3.20. The summed E-state index contributed by atoms with van der Waals surface area (Å²) in [5.41, 5.74) is 0.601. The van der Waals surface area contributed by atoms with Crippen molar-refractivity contribution in [2.45, 2.75) is 32.9 Å². The summed E-state index contributed by atoms with van der Waals surface area (Å²) >= 11 is 3.25. The van der Waals surface area contributed by atoms with Crippen molar-refractivity contribution in [3.8, 4) is 0 Å². The van der Waals surface area contributed by atoms with Crippen LogP contribution in [0, 0.1) is 11.7 Å². The molecule has 2 N–H and O–H groups in total. The molecule has 2 atom stereocenters. The lowest BCUT2D eigenvalue weighted by Crippen LogP contribution is -2.39. The number of rotatable bonds is 4. The average molecular weight is 456 g/mol. The summed E-state index contributed by atoms with van der Waals surface area (Å²) in [5.74, 6) is 1.24. The van der Waals surface area contributed by atoms with Gasteiger partial charge in [0.2, 0.25) is 0 Å². The van der Waals surface area contributed by atoms with E-state index in [0.717, 1.165) is 17.0 Å². The minimum absolute atomic E-state index is 0. The van der Waals surface area contributed by atoms with Crippen LogP contribution < -0.4 is 10.6 Å². The number of hydrogen-bond acceptors (Lipinski definition) is 1. The predicted octanol–water partition coefficient (Wildman–Crippen LogP) is 3.67. The summed E-state index contributed by atoms with van der Waals surface area (Å²) in [6.45, 7) is 5.37. The zero-order chi connectivity index (χ0) is 13.8. The Morgan fingerprint density at radius 2 is 2.20 bits per heavy atom. The molecule has 3 nitrogen and oxygen atoms in total. The molecule has 20 heavy (non-hydrogen) atoms. The zero-order valence-corrected chi connectivity index (χ0v) is 15.5. The Balaban J connectivity index is 0.00000200. The highest BCUT2D eigenvalue weighted by molar-refractivity contribution is 14.0. The Kier molecular flexibility index (Phi) is 7.22. The lowest BCUT2D eigenvalue weighted by atomic mass is 10.2. The first-order valence-corrected chi connectivity index (χ1v) is 7.38. The van der Waals surface area contributed by atoms with Gasteiger partial charge in [-0.3, -0.25) is 0 Å². The van der Waals surface area contributed by atoms with Gasteiger partial charge >= 0.3 is 0 Å². The van der Waals surface area contributed by atoms with Gasteiger partial charge in [-0.05, 0) is 31.4 Å². The van der Waals surface area contributed by atoms with E-state index < -0.39 is 0 Å². The number of nitrogens with one attached hydrogen (secondary N) is 2. The maximum atomic E-state index is 13.7. The molecule has 1 saturated carbocycles. The van der Waals surface area contributed by atoms with E-state index in [1.807, 2.05) is 13.0 Å². The van der Waals surface area contributed by atoms with Crippen LogP contribution >= 0.6 is 39.9 Å². The van der Waals surface area contributed by atoms with Crippen LogP contribution in [0.3, 0.4) is 0 Å². The Morgan fingerprint density at radius 3 is 2.75 bits per heavy atom. The Hall–Kier alpha value is -0.370. The van der Waals surface area contributed by atoms with Crippen molar-refractivity contribution in [3.05, 3.63) is 34.1 Å². The molecule has 0 amide bonds.